The van der Waals surface area contributed by atoms with Gasteiger partial charge < -0.3 is 10.6 Å². The highest BCUT2D eigenvalue weighted by molar-refractivity contribution is 5.90. The molecule has 1 aromatic heterocycles. The van der Waals surface area contributed by atoms with Crippen molar-refractivity contribution in [2.45, 2.75) is 12.5 Å². The predicted molar refractivity (Wildman–Crippen MR) is 71.1 cm³/mol. The van der Waals surface area contributed by atoms with Crippen LogP contribution in [-0.2, 0) is 0 Å². The summed E-state index contributed by atoms with van der Waals surface area (Å²) in [5.41, 5.74) is 0.754. The molecule has 2 heterocycles. The number of nitro benzene ring substituents is 1. The number of benzene rings is 1. The van der Waals surface area contributed by atoms with Crippen LogP contribution in [0.5, 0.6) is 0 Å². The van der Waals surface area contributed by atoms with E-state index in [0.29, 0.717) is 22.8 Å². The fraction of sp³-hybridized carbons (Fsp3) is 0.333. The summed E-state index contributed by atoms with van der Waals surface area (Å²) in [7, 11) is 0. The molecule has 3 rings (SSSR count). The number of aromatic nitrogens is 2. The normalized spacial score (nSPS) is 18.6. The van der Waals surface area contributed by atoms with Crippen LogP contribution in [0, 0.1) is 10.1 Å². The molecule has 0 bridgehead atoms. The molecule has 1 aliphatic rings. The Balaban J connectivity index is 2.01. The fourth-order valence-corrected chi connectivity index (χ4v) is 2.24. The van der Waals surface area contributed by atoms with Crippen LogP contribution in [-0.4, -0.2) is 34.0 Å². The van der Waals surface area contributed by atoms with Gasteiger partial charge in [-0.1, -0.05) is 0 Å². The Kier molecular flexibility index (Phi) is 2.96. The number of nitro groups is 1. The van der Waals surface area contributed by atoms with Crippen molar-refractivity contribution in [3.63, 3.8) is 0 Å². The minimum Gasteiger partial charge on any atom is -0.365 e. The number of non-ortho nitro benzene ring substituents is 1. The molecular formula is C12H13N5O2. The van der Waals surface area contributed by atoms with Gasteiger partial charge in [-0.2, -0.15) is 0 Å². The molecule has 2 N–H and O–H groups in total. The van der Waals surface area contributed by atoms with Gasteiger partial charge in [-0.05, 0) is 19.0 Å². The second-order valence-electron chi connectivity index (χ2n) is 4.51. The summed E-state index contributed by atoms with van der Waals surface area (Å²) < 4.78 is 0. The molecule has 7 heteroatoms. The molecule has 19 heavy (non-hydrogen) atoms. The molecular weight excluding hydrogens is 246 g/mol. The molecule has 1 fully saturated rings. The van der Waals surface area contributed by atoms with Crippen LogP contribution in [0.25, 0.3) is 10.9 Å². The quantitative estimate of drug-likeness (QED) is 0.637. The first kappa shape index (κ1) is 11.8. The first-order chi connectivity index (χ1) is 9.24. The molecule has 0 saturated carbocycles. The lowest BCUT2D eigenvalue weighted by Gasteiger charge is -2.13. The van der Waals surface area contributed by atoms with Crippen LogP contribution >= 0.6 is 0 Å². The largest absolute Gasteiger partial charge is 0.365 e. The smallest absolute Gasteiger partial charge is 0.270 e. The first-order valence-corrected chi connectivity index (χ1v) is 6.10. The van der Waals surface area contributed by atoms with Crippen molar-refractivity contribution in [1.29, 1.82) is 0 Å². The third kappa shape index (κ3) is 2.32. The number of nitrogens with zero attached hydrogens (tertiary/aromatic N) is 3. The van der Waals surface area contributed by atoms with E-state index < -0.39 is 4.92 Å². The zero-order valence-electron chi connectivity index (χ0n) is 10.2. The van der Waals surface area contributed by atoms with Crippen LogP contribution in [0.2, 0.25) is 0 Å². The van der Waals surface area contributed by atoms with E-state index in [2.05, 4.69) is 20.6 Å². The Labute approximate surface area is 109 Å². The average molecular weight is 259 g/mol. The maximum Gasteiger partial charge on any atom is 0.270 e. The van der Waals surface area contributed by atoms with Gasteiger partial charge in [-0.15, -0.1) is 0 Å². The van der Waals surface area contributed by atoms with Crippen molar-refractivity contribution >= 4 is 22.4 Å². The SMILES string of the molecule is O=[N+]([O-])c1ccc2ncnc(NC3CCNC3)c2c1. The predicted octanol–water partition coefficient (Wildman–Crippen LogP) is 1.31. The Hall–Kier alpha value is -2.28. The lowest BCUT2D eigenvalue weighted by atomic mass is 10.2. The molecule has 0 radical (unpaired) electrons. The highest BCUT2D eigenvalue weighted by Crippen LogP contribution is 2.25. The van der Waals surface area contributed by atoms with Crippen LogP contribution in [0.4, 0.5) is 11.5 Å². The number of rotatable bonds is 3. The average Bonchev–Trinajstić information content (AvgIpc) is 2.91. The van der Waals surface area contributed by atoms with Crippen LogP contribution in [0.1, 0.15) is 6.42 Å². The van der Waals surface area contributed by atoms with Crippen molar-refractivity contribution < 1.29 is 4.92 Å². The zero-order valence-corrected chi connectivity index (χ0v) is 10.2. The number of nitrogens with one attached hydrogen (secondary N) is 2. The lowest BCUT2D eigenvalue weighted by molar-refractivity contribution is -0.384. The summed E-state index contributed by atoms with van der Waals surface area (Å²) in [6, 6.07) is 4.92. The van der Waals surface area contributed by atoms with E-state index in [4.69, 9.17) is 0 Å². The minimum absolute atomic E-state index is 0.0508. The standard InChI is InChI=1S/C12H13N5O2/c18-17(19)9-1-2-11-10(5-9)12(15-7-14-11)16-8-3-4-13-6-8/h1-2,5,7-8,13H,3-4,6H2,(H,14,15,16). The van der Waals surface area contributed by atoms with Gasteiger partial charge in [0.15, 0.2) is 0 Å². The van der Waals surface area contributed by atoms with Crippen molar-refractivity contribution in [3.05, 3.63) is 34.6 Å². The third-order valence-corrected chi connectivity index (χ3v) is 3.23. The first-order valence-electron chi connectivity index (χ1n) is 6.10. The molecule has 0 spiro atoms. The maximum atomic E-state index is 10.8. The van der Waals surface area contributed by atoms with E-state index in [1.807, 2.05) is 0 Å². The zero-order chi connectivity index (χ0) is 13.2. The Morgan fingerprint density at radius 2 is 2.32 bits per heavy atom. The molecule has 1 unspecified atom stereocenters. The number of anilines is 1. The molecule has 1 saturated heterocycles. The molecule has 7 nitrogen and oxygen atoms in total. The third-order valence-electron chi connectivity index (χ3n) is 3.23. The molecule has 2 aromatic rings. The molecule has 0 amide bonds. The van der Waals surface area contributed by atoms with E-state index in [-0.39, 0.29) is 5.69 Å². The second-order valence-corrected chi connectivity index (χ2v) is 4.51. The molecule has 1 aliphatic heterocycles. The minimum atomic E-state index is -0.409. The Bertz CT molecular complexity index is 625. The van der Waals surface area contributed by atoms with Gasteiger partial charge in [0.05, 0.1) is 10.4 Å². The Morgan fingerprint density at radius 1 is 1.42 bits per heavy atom. The second kappa shape index (κ2) is 4.77. The fourth-order valence-electron chi connectivity index (χ4n) is 2.24. The summed E-state index contributed by atoms with van der Waals surface area (Å²) in [5.74, 6) is 0.655. The van der Waals surface area contributed by atoms with Gasteiger partial charge in [0.25, 0.3) is 5.69 Å². The van der Waals surface area contributed by atoms with E-state index in [1.54, 1.807) is 6.07 Å². The van der Waals surface area contributed by atoms with Crippen molar-refractivity contribution in [2.75, 3.05) is 18.4 Å². The van der Waals surface area contributed by atoms with Crippen LogP contribution in [0.3, 0.4) is 0 Å². The molecule has 1 atom stereocenters. The summed E-state index contributed by atoms with van der Waals surface area (Å²) in [5, 5.41) is 18.1. The Morgan fingerprint density at radius 3 is 3.05 bits per heavy atom. The summed E-state index contributed by atoms with van der Waals surface area (Å²) >= 11 is 0. The summed E-state index contributed by atoms with van der Waals surface area (Å²) in [6.45, 7) is 1.85. The summed E-state index contributed by atoms with van der Waals surface area (Å²) in [4.78, 5) is 18.8. The van der Waals surface area contributed by atoms with E-state index >= 15 is 0 Å². The van der Waals surface area contributed by atoms with Gasteiger partial charge in [-0.25, -0.2) is 9.97 Å². The summed E-state index contributed by atoms with van der Waals surface area (Å²) in [6.07, 6.45) is 2.49. The maximum absolute atomic E-state index is 10.8. The van der Waals surface area contributed by atoms with Crippen molar-refractivity contribution in [3.8, 4) is 0 Å². The number of hydrogen-bond donors (Lipinski definition) is 2. The van der Waals surface area contributed by atoms with E-state index in [9.17, 15) is 10.1 Å². The van der Waals surface area contributed by atoms with Gasteiger partial charge in [-0.3, -0.25) is 10.1 Å². The topological polar surface area (TPSA) is 93.0 Å². The van der Waals surface area contributed by atoms with Crippen molar-refractivity contribution in [2.24, 2.45) is 0 Å². The molecule has 98 valence electrons. The van der Waals surface area contributed by atoms with Crippen molar-refractivity contribution in [1.82, 2.24) is 15.3 Å². The van der Waals surface area contributed by atoms with Gasteiger partial charge in [0.1, 0.15) is 12.1 Å². The van der Waals surface area contributed by atoms with Gasteiger partial charge in [0, 0.05) is 30.1 Å². The molecule has 1 aromatic carbocycles. The number of fused-ring (bicyclic) bond motifs is 1. The van der Waals surface area contributed by atoms with E-state index in [1.165, 1.54) is 18.5 Å². The van der Waals surface area contributed by atoms with E-state index in [0.717, 1.165) is 19.5 Å². The highest BCUT2D eigenvalue weighted by atomic mass is 16.6. The molecule has 0 aliphatic carbocycles. The number of hydrogen-bond acceptors (Lipinski definition) is 6. The monoisotopic (exact) mass is 259 g/mol. The van der Waals surface area contributed by atoms with Gasteiger partial charge >= 0.3 is 0 Å². The van der Waals surface area contributed by atoms with Crippen LogP contribution < -0.4 is 10.6 Å². The highest BCUT2D eigenvalue weighted by Gasteiger charge is 2.17. The van der Waals surface area contributed by atoms with Gasteiger partial charge in [0.2, 0.25) is 0 Å². The lowest BCUT2D eigenvalue weighted by Crippen LogP contribution is -2.22. The van der Waals surface area contributed by atoms with Crippen LogP contribution in [0.15, 0.2) is 24.5 Å².